The number of halogens is 2. The molecular formula is C15H16Cl2N2. The molecule has 0 aliphatic carbocycles. The Morgan fingerprint density at radius 1 is 1.11 bits per heavy atom. The minimum absolute atomic E-state index is 0.112. The third-order valence-electron chi connectivity index (χ3n) is 3.11. The molecular weight excluding hydrogens is 279 g/mol. The van der Waals surface area contributed by atoms with Crippen LogP contribution in [-0.4, -0.2) is 4.98 Å². The first-order valence-electron chi connectivity index (χ1n) is 6.19. The molecule has 2 rings (SSSR count). The van der Waals surface area contributed by atoms with E-state index >= 15 is 0 Å². The molecule has 0 aliphatic heterocycles. The maximum Gasteiger partial charge on any atom is 0.0454 e. The van der Waals surface area contributed by atoms with Crippen LogP contribution >= 0.6 is 23.2 Å². The number of nitrogens with zero attached hydrogens (tertiary/aromatic N) is 1. The zero-order valence-corrected chi connectivity index (χ0v) is 12.4. The maximum absolute atomic E-state index is 6.21. The first-order valence-corrected chi connectivity index (χ1v) is 6.94. The zero-order chi connectivity index (χ0) is 13.8. The average molecular weight is 295 g/mol. The Labute approximate surface area is 123 Å². The summed E-state index contributed by atoms with van der Waals surface area (Å²) >= 11 is 12.2. The second-order valence-corrected chi connectivity index (χ2v) is 5.41. The molecule has 0 bridgehead atoms. The summed E-state index contributed by atoms with van der Waals surface area (Å²) in [6, 6.07) is 9.82. The van der Waals surface area contributed by atoms with Gasteiger partial charge in [0, 0.05) is 34.5 Å². The molecule has 1 heterocycles. The summed E-state index contributed by atoms with van der Waals surface area (Å²) in [4.78, 5) is 4.13. The molecule has 4 heteroatoms. The van der Waals surface area contributed by atoms with Crippen LogP contribution in [0.2, 0.25) is 10.0 Å². The minimum Gasteiger partial charge on any atom is -0.304 e. The Morgan fingerprint density at radius 3 is 2.58 bits per heavy atom. The fraction of sp³-hybridized carbons (Fsp3) is 0.267. The van der Waals surface area contributed by atoms with Crippen molar-refractivity contribution in [2.75, 3.05) is 0 Å². The van der Waals surface area contributed by atoms with Crippen molar-refractivity contribution in [2.45, 2.75) is 25.9 Å². The van der Waals surface area contributed by atoms with E-state index in [2.05, 4.69) is 30.2 Å². The van der Waals surface area contributed by atoms with Crippen LogP contribution in [0, 0.1) is 0 Å². The molecule has 1 aromatic carbocycles. The van der Waals surface area contributed by atoms with E-state index in [4.69, 9.17) is 23.2 Å². The van der Waals surface area contributed by atoms with E-state index in [0.29, 0.717) is 5.02 Å². The van der Waals surface area contributed by atoms with E-state index in [0.717, 1.165) is 16.1 Å². The second kappa shape index (κ2) is 6.38. The fourth-order valence-electron chi connectivity index (χ4n) is 2.04. The second-order valence-electron chi connectivity index (χ2n) is 4.56. The lowest BCUT2D eigenvalue weighted by atomic mass is 10.1. The largest absolute Gasteiger partial charge is 0.304 e. The van der Waals surface area contributed by atoms with Gasteiger partial charge in [0.15, 0.2) is 0 Å². The predicted octanol–water partition coefficient (Wildman–Crippen LogP) is 4.80. The van der Waals surface area contributed by atoms with Crippen molar-refractivity contribution in [3.8, 4) is 0 Å². The molecule has 0 spiro atoms. The van der Waals surface area contributed by atoms with Gasteiger partial charge in [0.25, 0.3) is 0 Å². The summed E-state index contributed by atoms with van der Waals surface area (Å²) in [5.74, 6) is 0. The van der Waals surface area contributed by atoms with Gasteiger partial charge in [0.05, 0.1) is 0 Å². The van der Waals surface area contributed by atoms with E-state index in [1.807, 2.05) is 24.4 Å². The highest BCUT2D eigenvalue weighted by Gasteiger charge is 2.14. The molecule has 1 N–H and O–H groups in total. The van der Waals surface area contributed by atoms with Gasteiger partial charge in [-0.05, 0) is 49.2 Å². The molecule has 0 saturated heterocycles. The monoisotopic (exact) mass is 294 g/mol. The average Bonchev–Trinajstić information content (AvgIpc) is 2.42. The summed E-state index contributed by atoms with van der Waals surface area (Å²) in [5, 5.41) is 4.92. The van der Waals surface area contributed by atoms with Crippen molar-refractivity contribution in [3.05, 3.63) is 63.9 Å². The fourth-order valence-corrected chi connectivity index (χ4v) is 2.50. The Bertz CT molecular complexity index is 543. The smallest absolute Gasteiger partial charge is 0.0454 e. The Balaban J connectivity index is 2.13. The number of aromatic nitrogens is 1. The summed E-state index contributed by atoms with van der Waals surface area (Å²) in [5.41, 5.74) is 2.15. The molecule has 2 nitrogen and oxygen atoms in total. The summed E-state index contributed by atoms with van der Waals surface area (Å²) in [6.07, 6.45) is 3.64. The first-order chi connectivity index (χ1) is 9.08. The van der Waals surface area contributed by atoms with Crippen LogP contribution in [0.3, 0.4) is 0 Å². The summed E-state index contributed by atoms with van der Waals surface area (Å²) in [6.45, 7) is 4.18. The number of pyridine rings is 1. The lowest BCUT2D eigenvalue weighted by Gasteiger charge is -2.21. The number of rotatable bonds is 4. The lowest BCUT2D eigenvalue weighted by molar-refractivity contribution is 0.494. The molecule has 0 saturated carbocycles. The molecule has 0 aliphatic rings. The highest BCUT2D eigenvalue weighted by molar-refractivity contribution is 6.33. The minimum atomic E-state index is 0.112. The number of hydrogen-bond donors (Lipinski definition) is 1. The quantitative estimate of drug-likeness (QED) is 0.876. The van der Waals surface area contributed by atoms with Gasteiger partial charge in [-0.15, -0.1) is 0 Å². The van der Waals surface area contributed by atoms with Gasteiger partial charge in [-0.25, -0.2) is 0 Å². The summed E-state index contributed by atoms with van der Waals surface area (Å²) in [7, 11) is 0. The topological polar surface area (TPSA) is 24.9 Å². The Morgan fingerprint density at radius 2 is 1.89 bits per heavy atom. The van der Waals surface area contributed by atoms with Crippen molar-refractivity contribution >= 4 is 23.2 Å². The van der Waals surface area contributed by atoms with Gasteiger partial charge in [-0.1, -0.05) is 29.3 Å². The van der Waals surface area contributed by atoms with E-state index in [1.165, 1.54) is 0 Å². The van der Waals surface area contributed by atoms with Gasteiger partial charge in [0.1, 0.15) is 0 Å². The van der Waals surface area contributed by atoms with Gasteiger partial charge in [-0.3, -0.25) is 4.98 Å². The van der Waals surface area contributed by atoms with Crippen molar-refractivity contribution in [1.82, 2.24) is 10.3 Å². The van der Waals surface area contributed by atoms with Crippen molar-refractivity contribution in [3.63, 3.8) is 0 Å². The molecule has 100 valence electrons. The van der Waals surface area contributed by atoms with E-state index in [-0.39, 0.29) is 12.1 Å². The van der Waals surface area contributed by atoms with Gasteiger partial charge < -0.3 is 5.32 Å². The van der Waals surface area contributed by atoms with Crippen LogP contribution in [0.1, 0.15) is 37.1 Å². The maximum atomic E-state index is 6.21. The van der Waals surface area contributed by atoms with Crippen LogP contribution in [0.5, 0.6) is 0 Å². The zero-order valence-electron chi connectivity index (χ0n) is 10.9. The summed E-state index contributed by atoms with van der Waals surface area (Å²) < 4.78 is 0. The number of benzene rings is 1. The van der Waals surface area contributed by atoms with Gasteiger partial charge in [-0.2, -0.15) is 0 Å². The van der Waals surface area contributed by atoms with Crippen LogP contribution < -0.4 is 5.32 Å². The van der Waals surface area contributed by atoms with Crippen LogP contribution in [-0.2, 0) is 0 Å². The first kappa shape index (κ1) is 14.3. The third kappa shape index (κ3) is 3.69. The standard InChI is InChI=1S/C15H16Cl2N2/c1-10(12-4-3-7-18-9-12)19-11(2)14-8-13(16)5-6-15(14)17/h3-11,19H,1-2H3/t10-,11?/m1/s1. The molecule has 0 amide bonds. The number of hydrogen-bond acceptors (Lipinski definition) is 2. The molecule has 1 unspecified atom stereocenters. The van der Waals surface area contributed by atoms with Gasteiger partial charge >= 0.3 is 0 Å². The highest BCUT2D eigenvalue weighted by Crippen LogP contribution is 2.27. The van der Waals surface area contributed by atoms with E-state index in [1.54, 1.807) is 12.3 Å². The van der Waals surface area contributed by atoms with E-state index in [9.17, 15) is 0 Å². The van der Waals surface area contributed by atoms with Crippen molar-refractivity contribution < 1.29 is 0 Å². The molecule has 0 radical (unpaired) electrons. The number of nitrogens with one attached hydrogen (secondary N) is 1. The highest BCUT2D eigenvalue weighted by atomic mass is 35.5. The molecule has 1 aromatic heterocycles. The normalized spacial score (nSPS) is 14.1. The molecule has 2 aromatic rings. The van der Waals surface area contributed by atoms with E-state index < -0.39 is 0 Å². The lowest BCUT2D eigenvalue weighted by Crippen LogP contribution is -2.22. The van der Waals surface area contributed by atoms with Crippen LogP contribution in [0.4, 0.5) is 0 Å². The van der Waals surface area contributed by atoms with Gasteiger partial charge in [0.2, 0.25) is 0 Å². The predicted molar refractivity (Wildman–Crippen MR) is 80.7 cm³/mol. The Hall–Kier alpha value is -1.09. The molecule has 0 fully saturated rings. The SMILES string of the molecule is CC(N[C@H](C)c1cccnc1)c1cc(Cl)ccc1Cl. The third-order valence-corrected chi connectivity index (χ3v) is 3.69. The van der Waals surface area contributed by atoms with Crippen molar-refractivity contribution in [1.29, 1.82) is 0 Å². The molecule has 19 heavy (non-hydrogen) atoms. The van der Waals surface area contributed by atoms with Crippen LogP contribution in [0.15, 0.2) is 42.7 Å². The van der Waals surface area contributed by atoms with Crippen molar-refractivity contribution in [2.24, 2.45) is 0 Å². The molecule has 2 atom stereocenters. The Kier molecular flexibility index (Phi) is 4.81. The van der Waals surface area contributed by atoms with Crippen LogP contribution in [0.25, 0.3) is 0 Å².